The van der Waals surface area contributed by atoms with Gasteiger partial charge in [-0.15, -0.1) is 0 Å². The maximum atomic E-state index is 12.6. The average Bonchev–Trinajstić information content (AvgIpc) is 3.03. The first-order valence-electron chi connectivity index (χ1n) is 6.96. The molecule has 0 radical (unpaired) electrons. The van der Waals surface area contributed by atoms with E-state index in [1.54, 1.807) is 18.2 Å². The lowest BCUT2D eigenvalue weighted by Gasteiger charge is -2.23. The summed E-state index contributed by atoms with van der Waals surface area (Å²) in [6.45, 7) is 4.36. The number of amides is 1. The maximum Gasteiger partial charge on any atom is 0.335 e. The number of nitrogens with one attached hydrogen (secondary N) is 1. The van der Waals surface area contributed by atoms with Crippen molar-refractivity contribution < 1.29 is 14.7 Å². The van der Waals surface area contributed by atoms with Crippen LogP contribution in [0.2, 0.25) is 0 Å². The molecule has 0 saturated carbocycles. The second-order valence-corrected chi connectivity index (χ2v) is 5.63. The van der Waals surface area contributed by atoms with E-state index >= 15 is 0 Å². The number of carbonyl (C=O) groups excluding carboxylic acids is 1. The quantitative estimate of drug-likeness (QED) is 0.848. The molecule has 2 aliphatic heterocycles. The van der Waals surface area contributed by atoms with Crippen molar-refractivity contribution >= 4 is 17.6 Å². The molecule has 0 aromatic heterocycles. The first-order chi connectivity index (χ1) is 9.58. The molecule has 5 heteroatoms. The normalized spacial score (nSPS) is 24.8. The minimum absolute atomic E-state index is 0.0279. The lowest BCUT2D eigenvalue weighted by molar-refractivity contribution is -0.122. The fourth-order valence-corrected chi connectivity index (χ4v) is 3.10. The van der Waals surface area contributed by atoms with Crippen molar-refractivity contribution in [3.05, 3.63) is 29.3 Å². The van der Waals surface area contributed by atoms with E-state index < -0.39 is 5.97 Å². The molecule has 3 rings (SSSR count). The summed E-state index contributed by atoms with van der Waals surface area (Å²) in [6.07, 6.45) is 0.733. The van der Waals surface area contributed by atoms with Crippen molar-refractivity contribution in [1.29, 1.82) is 0 Å². The lowest BCUT2D eigenvalue weighted by Crippen LogP contribution is -2.37. The van der Waals surface area contributed by atoms with Gasteiger partial charge in [-0.2, -0.15) is 0 Å². The first kappa shape index (κ1) is 13.1. The molecule has 2 heterocycles. The summed E-state index contributed by atoms with van der Waals surface area (Å²) in [5.74, 6) is -0.388. The van der Waals surface area contributed by atoms with E-state index in [9.17, 15) is 9.59 Å². The number of hydrogen-bond acceptors (Lipinski definition) is 3. The van der Waals surface area contributed by atoms with Gasteiger partial charge in [-0.3, -0.25) is 4.79 Å². The Bertz CT molecular complexity index is 570. The summed E-state index contributed by atoms with van der Waals surface area (Å²) >= 11 is 0. The predicted octanol–water partition coefficient (Wildman–Crippen LogP) is 1.13. The molecule has 1 saturated heterocycles. The van der Waals surface area contributed by atoms with Gasteiger partial charge in [0.1, 0.15) is 0 Å². The molecule has 0 spiro atoms. The monoisotopic (exact) mass is 274 g/mol. The van der Waals surface area contributed by atoms with Crippen molar-refractivity contribution in [1.82, 2.24) is 5.32 Å². The Morgan fingerprint density at radius 1 is 1.35 bits per heavy atom. The average molecular weight is 274 g/mol. The molecule has 1 aromatic rings. The van der Waals surface area contributed by atoms with Crippen LogP contribution in [-0.4, -0.2) is 36.6 Å². The Hall–Kier alpha value is -1.88. The van der Waals surface area contributed by atoms with Gasteiger partial charge < -0.3 is 15.3 Å². The first-order valence-corrected chi connectivity index (χ1v) is 6.96. The third-order valence-electron chi connectivity index (χ3n) is 4.32. The zero-order valence-corrected chi connectivity index (χ0v) is 11.4. The van der Waals surface area contributed by atoms with E-state index in [1.807, 2.05) is 4.90 Å². The summed E-state index contributed by atoms with van der Waals surface area (Å²) in [5, 5.41) is 12.3. The number of carboxylic acids is 1. The van der Waals surface area contributed by atoms with Crippen LogP contribution in [0, 0.1) is 11.8 Å². The molecule has 0 aliphatic carbocycles. The largest absolute Gasteiger partial charge is 0.478 e. The van der Waals surface area contributed by atoms with Crippen LogP contribution in [0.25, 0.3) is 0 Å². The minimum Gasteiger partial charge on any atom is -0.478 e. The van der Waals surface area contributed by atoms with Crippen molar-refractivity contribution in [2.45, 2.75) is 13.3 Å². The Balaban J connectivity index is 1.86. The van der Waals surface area contributed by atoms with Gasteiger partial charge in [0.05, 0.1) is 11.5 Å². The molecule has 2 N–H and O–H groups in total. The van der Waals surface area contributed by atoms with Crippen LogP contribution in [-0.2, 0) is 11.2 Å². The Morgan fingerprint density at radius 2 is 2.15 bits per heavy atom. The van der Waals surface area contributed by atoms with Crippen LogP contribution in [0.5, 0.6) is 0 Å². The SMILES string of the molecule is C[C@@H]1CNC[C@H]1C(=O)N1CCc2cc(C(=O)O)ccc21. The van der Waals surface area contributed by atoms with Crippen LogP contribution < -0.4 is 10.2 Å². The zero-order valence-electron chi connectivity index (χ0n) is 11.4. The predicted molar refractivity (Wildman–Crippen MR) is 75.0 cm³/mol. The summed E-state index contributed by atoms with van der Waals surface area (Å²) in [4.78, 5) is 25.4. The minimum atomic E-state index is -0.925. The molecule has 20 heavy (non-hydrogen) atoms. The van der Waals surface area contributed by atoms with E-state index in [0.29, 0.717) is 12.5 Å². The number of fused-ring (bicyclic) bond motifs is 1. The zero-order chi connectivity index (χ0) is 14.3. The van der Waals surface area contributed by atoms with E-state index in [-0.39, 0.29) is 17.4 Å². The number of rotatable bonds is 2. The van der Waals surface area contributed by atoms with Gasteiger partial charge in [-0.1, -0.05) is 6.92 Å². The molecule has 0 unspecified atom stereocenters. The second-order valence-electron chi connectivity index (χ2n) is 5.63. The van der Waals surface area contributed by atoms with Gasteiger partial charge in [0.25, 0.3) is 0 Å². The summed E-state index contributed by atoms with van der Waals surface area (Å²) in [5.41, 5.74) is 2.12. The third kappa shape index (κ3) is 2.08. The number of benzene rings is 1. The number of anilines is 1. The molecule has 1 amide bonds. The van der Waals surface area contributed by atoms with Crippen LogP contribution in [0.4, 0.5) is 5.69 Å². The third-order valence-corrected chi connectivity index (χ3v) is 4.32. The topological polar surface area (TPSA) is 69.6 Å². The highest BCUT2D eigenvalue weighted by Crippen LogP contribution is 2.31. The number of aromatic carboxylic acids is 1. The van der Waals surface area contributed by atoms with E-state index in [4.69, 9.17) is 5.11 Å². The lowest BCUT2D eigenvalue weighted by atomic mass is 9.96. The highest BCUT2D eigenvalue weighted by atomic mass is 16.4. The molecule has 1 aromatic carbocycles. The van der Waals surface area contributed by atoms with Gasteiger partial charge in [0, 0.05) is 18.8 Å². The summed E-state index contributed by atoms with van der Waals surface area (Å²) in [6, 6.07) is 5.01. The van der Waals surface area contributed by atoms with Crippen LogP contribution >= 0.6 is 0 Å². The second kappa shape index (κ2) is 4.90. The Kier molecular flexibility index (Phi) is 3.22. The molecule has 2 aliphatic rings. The molecule has 1 fully saturated rings. The van der Waals surface area contributed by atoms with Crippen molar-refractivity contribution in [3.8, 4) is 0 Å². The Morgan fingerprint density at radius 3 is 2.80 bits per heavy atom. The van der Waals surface area contributed by atoms with Crippen molar-refractivity contribution in [3.63, 3.8) is 0 Å². The maximum absolute atomic E-state index is 12.6. The van der Waals surface area contributed by atoms with Gasteiger partial charge in [-0.25, -0.2) is 4.79 Å². The fraction of sp³-hybridized carbons (Fsp3) is 0.467. The van der Waals surface area contributed by atoms with Crippen LogP contribution in [0.15, 0.2) is 18.2 Å². The molecular formula is C15H18N2O3. The van der Waals surface area contributed by atoms with Crippen LogP contribution in [0.1, 0.15) is 22.8 Å². The summed E-state index contributed by atoms with van der Waals surface area (Å²) < 4.78 is 0. The van der Waals surface area contributed by atoms with Crippen molar-refractivity contribution in [2.75, 3.05) is 24.5 Å². The van der Waals surface area contributed by atoms with Gasteiger partial charge >= 0.3 is 5.97 Å². The van der Waals surface area contributed by atoms with E-state index in [1.165, 1.54) is 0 Å². The van der Waals surface area contributed by atoms with E-state index in [0.717, 1.165) is 30.8 Å². The number of hydrogen-bond donors (Lipinski definition) is 2. The molecule has 0 bridgehead atoms. The molecule has 106 valence electrons. The highest BCUT2D eigenvalue weighted by Gasteiger charge is 2.35. The van der Waals surface area contributed by atoms with Gasteiger partial charge in [0.15, 0.2) is 0 Å². The van der Waals surface area contributed by atoms with Crippen molar-refractivity contribution in [2.24, 2.45) is 11.8 Å². The van der Waals surface area contributed by atoms with E-state index in [2.05, 4.69) is 12.2 Å². The smallest absolute Gasteiger partial charge is 0.335 e. The summed E-state index contributed by atoms with van der Waals surface area (Å²) in [7, 11) is 0. The van der Waals surface area contributed by atoms with Gasteiger partial charge in [0.2, 0.25) is 5.91 Å². The molecular weight excluding hydrogens is 256 g/mol. The van der Waals surface area contributed by atoms with Crippen LogP contribution in [0.3, 0.4) is 0 Å². The number of nitrogens with zero attached hydrogens (tertiary/aromatic N) is 1. The standard InChI is InChI=1S/C15H18N2O3/c1-9-7-16-8-12(9)14(18)17-5-4-10-6-11(15(19)20)2-3-13(10)17/h2-3,6,9,12,16H,4-5,7-8H2,1H3,(H,19,20)/t9-,12-/m1/s1. The fourth-order valence-electron chi connectivity index (χ4n) is 3.10. The number of carbonyl (C=O) groups is 2. The molecule has 5 nitrogen and oxygen atoms in total. The Labute approximate surface area is 117 Å². The number of carboxylic acid groups (broad SMARTS) is 1. The van der Waals surface area contributed by atoms with Gasteiger partial charge in [-0.05, 0) is 42.6 Å². The highest BCUT2D eigenvalue weighted by molar-refractivity contribution is 5.98. The molecule has 2 atom stereocenters.